The molecule has 1 saturated carbocycles. The summed E-state index contributed by atoms with van der Waals surface area (Å²) in [5.41, 5.74) is 2.76. The number of ether oxygens (including phenoxy) is 4. The van der Waals surface area contributed by atoms with Crippen molar-refractivity contribution >= 4 is 5.97 Å². The number of aliphatic hydroxyl groups excluding tert-OH is 3. The van der Waals surface area contributed by atoms with Crippen LogP contribution in [0, 0.1) is 12.8 Å². The molecule has 1 aliphatic heterocycles. The topological polar surface area (TPSA) is 132 Å². The molecule has 2 fully saturated rings. The van der Waals surface area contributed by atoms with Crippen molar-refractivity contribution in [1.29, 1.82) is 0 Å². The van der Waals surface area contributed by atoms with E-state index in [1.54, 1.807) is 0 Å². The average Bonchev–Trinajstić information content (AvgIpc) is 3.65. The monoisotopic (exact) mass is 519 g/mol. The van der Waals surface area contributed by atoms with E-state index in [-0.39, 0.29) is 31.9 Å². The van der Waals surface area contributed by atoms with Crippen molar-refractivity contribution in [2.45, 2.75) is 96.7 Å². The first-order valence-electron chi connectivity index (χ1n) is 13.5. The van der Waals surface area contributed by atoms with Crippen molar-refractivity contribution in [2.24, 2.45) is 5.92 Å². The second-order valence-corrected chi connectivity index (χ2v) is 10.0. The zero-order chi connectivity index (χ0) is 27.4. The average molecular weight is 520 g/mol. The van der Waals surface area contributed by atoms with Crippen LogP contribution in [0.5, 0.6) is 11.6 Å². The highest BCUT2D eigenvalue weighted by Crippen LogP contribution is 2.34. The predicted molar refractivity (Wildman–Crippen MR) is 133 cm³/mol. The van der Waals surface area contributed by atoms with E-state index in [0.717, 1.165) is 42.0 Å². The number of aromatic nitrogens is 2. The van der Waals surface area contributed by atoms with E-state index < -0.39 is 36.7 Å². The highest BCUT2D eigenvalue weighted by molar-refractivity contribution is 5.68. The summed E-state index contributed by atoms with van der Waals surface area (Å²) in [6.45, 7) is 6.19. The fourth-order valence-corrected chi connectivity index (χ4v) is 4.25. The molecule has 1 saturated heterocycles. The number of carbonyl (C=O) groups excluding carboxylic acids is 1. The molecule has 0 amide bonds. The summed E-state index contributed by atoms with van der Waals surface area (Å²) >= 11 is 0. The van der Waals surface area contributed by atoms with E-state index in [1.807, 2.05) is 49.7 Å². The maximum absolute atomic E-state index is 11.7. The van der Waals surface area contributed by atoms with Crippen molar-refractivity contribution in [3.63, 3.8) is 0 Å². The minimum atomic E-state index is -1.58. The van der Waals surface area contributed by atoms with Crippen LogP contribution in [0.3, 0.4) is 0 Å². The number of hydrogen-bond donors (Lipinski definition) is 3. The molecule has 1 aromatic heterocycles. The molecular formula is C27H38N2O8. The van der Waals surface area contributed by atoms with Crippen LogP contribution < -0.4 is 9.47 Å². The Bertz CT molecular complexity index is 1070. The van der Waals surface area contributed by atoms with Gasteiger partial charge in [0.1, 0.15) is 36.8 Å². The molecule has 5 atom stereocenters. The summed E-state index contributed by atoms with van der Waals surface area (Å²) < 4.78 is 31.6. The molecule has 2 aromatic rings. The van der Waals surface area contributed by atoms with Crippen LogP contribution in [0.2, 0.25) is 0 Å². The van der Waals surface area contributed by atoms with Gasteiger partial charge in [0, 0.05) is 32.0 Å². The van der Waals surface area contributed by atoms with E-state index in [2.05, 4.69) is 5.10 Å². The Morgan fingerprint density at radius 3 is 2.57 bits per heavy atom. The smallest absolute Gasteiger partial charge is 0.305 e. The summed E-state index contributed by atoms with van der Waals surface area (Å²) in [6.07, 6.45) is -4.32. The lowest BCUT2D eigenvalue weighted by molar-refractivity contribution is -0.279. The Morgan fingerprint density at radius 2 is 1.92 bits per heavy atom. The number of nitrogens with zero attached hydrogens (tertiary/aromatic N) is 2. The van der Waals surface area contributed by atoms with Crippen molar-refractivity contribution < 1.29 is 40.4 Å². The fraction of sp³-hybridized carbons (Fsp3) is 0.630. The number of benzene rings is 1. The quantitative estimate of drug-likeness (QED) is 0.382. The number of aliphatic hydroxyl groups is 3. The molecule has 2 aliphatic rings. The number of carbonyl (C=O) groups is 1. The first-order valence-corrected chi connectivity index (χ1v) is 12.8. The molecule has 1 aromatic carbocycles. The third kappa shape index (κ3) is 6.81. The van der Waals surface area contributed by atoms with Gasteiger partial charge in [-0.25, -0.2) is 0 Å². The van der Waals surface area contributed by atoms with Gasteiger partial charge in [-0.2, -0.15) is 0 Å². The molecule has 204 valence electrons. The van der Waals surface area contributed by atoms with Crippen LogP contribution in [-0.4, -0.2) is 74.5 Å². The van der Waals surface area contributed by atoms with Gasteiger partial charge in [0.05, 0.1) is 6.10 Å². The van der Waals surface area contributed by atoms with Crippen molar-refractivity contribution in [2.75, 3.05) is 6.61 Å². The van der Waals surface area contributed by atoms with E-state index in [9.17, 15) is 20.1 Å². The highest BCUT2D eigenvalue weighted by Gasteiger charge is 2.46. The minimum absolute atomic E-state index is 0.0737. The Labute approximate surface area is 218 Å². The Kier molecular flexibility index (Phi) is 8.29. The molecule has 0 bridgehead atoms. The van der Waals surface area contributed by atoms with Gasteiger partial charge in [-0.05, 0) is 57.2 Å². The standard InChI is InChI=1S/C27H38N2O8/c1-5-22(30)34-14-21-23(31)24(32)25(33)27(36-21)37-26-20(16(4)29(28-26)13-18-6-7-18)12-17-8-10-19(11-9-17)35-15(2)3/h8-11,15,18,21,23-25,27,31-33H,5-7,12-14H2,1-4H3/t21-,23-,24+,25-,27?/m1/s1/i1D. The molecule has 10 nitrogen and oxygen atoms in total. The summed E-state index contributed by atoms with van der Waals surface area (Å²) in [7, 11) is 0. The zero-order valence-electron chi connectivity index (χ0n) is 22.6. The lowest BCUT2D eigenvalue weighted by Gasteiger charge is -2.39. The molecule has 1 aliphatic carbocycles. The summed E-state index contributed by atoms with van der Waals surface area (Å²) in [4.78, 5) is 11.7. The largest absolute Gasteiger partial charge is 0.491 e. The lowest BCUT2D eigenvalue weighted by atomic mass is 9.99. The SMILES string of the molecule is [2H]CCC(=O)OC[C@H]1OC(Oc2nn(CC3CC3)c(C)c2Cc2ccc(OC(C)C)cc2)[C@H](O)[C@@H](O)[C@@H]1O. The second-order valence-electron chi connectivity index (χ2n) is 10.0. The first kappa shape index (κ1) is 26.0. The van der Waals surface area contributed by atoms with Crippen LogP contribution in [0.4, 0.5) is 0 Å². The van der Waals surface area contributed by atoms with Crippen molar-refractivity contribution in [3.8, 4) is 11.6 Å². The van der Waals surface area contributed by atoms with E-state index in [0.29, 0.717) is 12.3 Å². The van der Waals surface area contributed by atoms with E-state index >= 15 is 0 Å². The molecular weight excluding hydrogens is 480 g/mol. The van der Waals surface area contributed by atoms with Gasteiger partial charge in [-0.15, -0.1) is 5.10 Å². The second kappa shape index (κ2) is 11.8. The molecule has 4 rings (SSSR count). The minimum Gasteiger partial charge on any atom is -0.491 e. The number of esters is 1. The Morgan fingerprint density at radius 1 is 1.19 bits per heavy atom. The summed E-state index contributed by atoms with van der Waals surface area (Å²) in [6, 6.07) is 7.79. The Hall–Kier alpha value is -2.66. The van der Waals surface area contributed by atoms with Crippen LogP contribution in [0.1, 0.15) is 58.2 Å². The first-order chi connectivity index (χ1) is 18.2. The fourth-order valence-electron chi connectivity index (χ4n) is 4.25. The predicted octanol–water partition coefficient (Wildman–Crippen LogP) is 2.12. The van der Waals surface area contributed by atoms with Gasteiger partial charge in [0.15, 0.2) is 0 Å². The van der Waals surface area contributed by atoms with E-state index in [1.165, 1.54) is 0 Å². The van der Waals surface area contributed by atoms with Crippen LogP contribution >= 0.6 is 0 Å². The molecule has 37 heavy (non-hydrogen) atoms. The van der Waals surface area contributed by atoms with Gasteiger partial charge >= 0.3 is 5.97 Å². The van der Waals surface area contributed by atoms with Crippen LogP contribution in [-0.2, 0) is 27.2 Å². The van der Waals surface area contributed by atoms with Gasteiger partial charge in [-0.3, -0.25) is 9.48 Å². The zero-order valence-corrected chi connectivity index (χ0v) is 21.6. The third-order valence-electron chi connectivity index (χ3n) is 6.61. The Balaban J connectivity index is 1.53. The lowest BCUT2D eigenvalue weighted by Crippen LogP contribution is -2.60. The number of rotatable bonds is 11. The maximum Gasteiger partial charge on any atom is 0.305 e. The van der Waals surface area contributed by atoms with Gasteiger partial charge in [0.25, 0.3) is 0 Å². The molecule has 0 radical (unpaired) electrons. The molecule has 0 spiro atoms. The highest BCUT2D eigenvalue weighted by atomic mass is 16.7. The van der Waals surface area contributed by atoms with Crippen molar-refractivity contribution in [3.05, 3.63) is 41.1 Å². The normalized spacial score (nSPS) is 26.1. The van der Waals surface area contributed by atoms with Crippen molar-refractivity contribution in [1.82, 2.24) is 9.78 Å². The van der Waals surface area contributed by atoms with Crippen LogP contribution in [0.15, 0.2) is 24.3 Å². The molecule has 3 N–H and O–H groups in total. The molecule has 2 heterocycles. The molecule has 1 unspecified atom stereocenters. The van der Waals surface area contributed by atoms with Crippen LogP contribution in [0.25, 0.3) is 0 Å². The summed E-state index contributed by atoms with van der Waals surface area (Å²) in [5, 5.41) is 36.1. The van der Waals surface area contributed by atoms with E-state index in [4.69, 9.17) is 20.3 Å². The van der Waals surface area contributed by atoms with Gasteiger partial charge < -0.3 is 34.3 Å². The van der Waals surface area contributed by atoms with Gasteiger partial charge in [-0.1, -0.05) is 19.0 Å². The summed E-state index contributed by atoms with van der Waals surface area (Å²) in [5.74, 6) is 0.999. The number of hydrogen-bond acceptors (Lipinski definition) is 9. The maximum atomic E-state index is 11.7. The molecule has 10 heteroatoms. The van der Waals surface area contributed by atoms with Gasteiger partial charge in [0.2, 0.25) is 12.2 Å². The third-order valence-corrected chi connectivity index (χ3v) is 6.61.